The average Bonchev–Trinajstić information content (AvgIpc) is 2.47. The Balaban J connectivity index is 0.00000110. The molecule has 3 atom stereocenters. The highest BCUT2D eigenvalue weighted by atomic mass is 16.2. The molecule has 0 saturated heterocycles. The lowest BCUT2D eigenvalue weighted by Crippen LogP contribution is -2.29. The van der Waals surface area contributed by atoms with E-state index in [0.29, 0.717) is 17.9 Å². The lowest BCUT2D eigenvalue weighted by Gasteiger charge is -2.29. The van der Waals surface area contributed by atoms with Gasteiger partial charge in [0.2, 0.25) is 0 Å². The van der Waals surface area contributed by atoms with Crippen LogP contribution in [0.25, 0.3) is 0 Å². The molecule has 0 aromatic heterocycles. The molecule has 1 N–H and O–H groups in total. The van der Waals surface area contributed by atoms with E-state index in [1.54, 1.807) is 6.92 Å². The van der Waals surface area contributed by atoms with E-state index in [-0.39, 0.29) is 6.61 Å². The molecule has 1 aromatic carbocycles. The van der Waals surface area contributed by atoms with E-state index in [0.717, 1.165) is 6.54 Å². The Morgan fingerprint density at radius 3 is 2.15 bits per heavy atom. The van der Waals surface area contributed by atoms with Crippen LogP contribution in [0.3, 0.4) is 0 Å². The SMILES string of the molecule is C=CC(C)C(C)CN(C)C(C)c1ccccc1.CCO. The summed E-state index contributed by atoms with van der Waals surface area (Å²) in [5.74, 6) is 1.21. The molecular weight excluding hydrogens is 246 g/mol. The third kappa shape index (κ3) is 6.88. The summed E-state index contributed by atoms with van der Waals surface area (Å²) in [6.07, 6.45) is 2.05. The Morgan fingerprint density at radius 2 is 1.70 bits per heavy atom. The molecule has 1 aromatic rings. The van der Waals surface area contributed by atoms with Crippen molar-refractivity contribution in [2.24, 2.45) is 11.8 Å². The van der Waals surface area contributed by atoms with Crippen LogP contribution < -0.4 is 0 Å². The molecule has 20 heavy (non-hydrogen) atoms. The number of nitrogens with zero attached hydrogens (tertiary/aromatic N) is 1. The van der Waals surface area contributed by atoms with Crippen LogP contribution in [0.4, 0.5) is 0 Å². The van der Waals surface area contributed by atoms with Crippen molar-refractivity contribution in [3.8, 4) is 0 Å². The number of allylic oxidation sites excluding steroid dienone is 1. The Labute approximate surface area is 125 Å². The molecule has 3 unspecified atom stereocenters. The molecule has 0 spiro atoms. The molecular formula is C18H31NO. The number of rotatable bonds is 6. The van der Waals surface area contributed by atoms with Gasteiger partial charge in [-0.25, -0.2) is 0 Å². The first-order valence-corrected chi connectivity index (χ1v) is 7.46. The van der Waals surface area contributed by atoms with Gasteiger partial charge in [0.25, 0.3) is 0 Å². The van der Waals surface area contributed by atoms with Gasteiger partial charge in [-0.1, -0.05) is 50.3 Å². The molecule has 1 rings (SSSR count). The second-order valence-corrected chi connectivity index (χ2v) is 5.41. The monoisotopic (exact) mass is 277 g/mol. The molecule has 0 amide bonds. The van der Waals surface area contributed by atoms with E-state index in [1.807, 2.05) is 6.08 Å². The number of aliphatic hydroxyl groups excluding tert-OH is 1. The Bertz CT molecular complexity index is 350. The van der Waals surface area contributed by atoms with E-state index < -0.39 is 0 Å². The minimum Gasteiger partial charge on any atom is -0.397 e. The standard InChI is InChI=1S/C16H25N.C2H6O/c1-6-13(2)14(3)12-17(5)15(4)16-10-8-7-9-11-16;1-2-3/h6-11,13-15H,1,12H2,2-5H3;3H,2H2,1H3. The van der Waals surface area contributed by atoms with Crippen molar-refractivity contribution >= 4 is 0 Å². The van der Waals surface area contributed by atoms with Crippen molar-refractivity contribution < 1.29 is 5.11 Å². The third-order valence-corrected chi connectivity index (χ3v) is 3.79. The Kier molecular flexibility index (Phi) is 10.0. The van der Waals surface area contributed by atoms with Gasteiger partial charge in [0.15, 0.2) is 0 Å². The topological polar surface area (TPSA) is 23.5 Å². The molecule has 0 saturated carbocycles. The molecule has 0 aliphatic heterocycles. The minimum atomic E-state index is 0.250. The normalized spacial score (nSPS) is 14.9. The third-order valence-electron chi connectivity index (χ3n) is 3.79. The molecule has 2 nitrogen and oxygen atoms in total. The molecule has 0 heterocycles. The number of hydrogen-bond acceptors (Lipinski definition) is 2. The summed E-state index contributed by atoms with van der Waals surface area (Å²) in [7, 11) is 2.20. The first-order chi connectivity index (χ1) is 9.47. The van der Waals surface area contributed by atoms with Crippen LogP contribution in [-0.4, -0.2) is 30.2 Å². The van der Waals surface area contributed by atoms with E-state index >= 15 is 0 Å². The van der Waals surface area contributed by atoms with Crippen LogP contribution in [0.15, 0.2) is 43.0 Å². The number of benzene rings is 1. The lowest BCUT2D eigenvalue weighted by atomic mass is 9.95. The predicted octanol–water partition coefficient (Wildman–Crippen LogP) is 4.14. The Morgan fingerprint density at radius 1 is 1.20 bits per heavy atom. The van der Waals surface area contributed by atoms with Gasteiger partial charge in [-0.2, -0.15) is 0 Å². The highest BCUT2D eigenvalue weighted by Crippen LogP contribution is 2.21. The fourth-order valence-corrected chi connectivity index (χ4v) is 2.00. The smallest absolute Gasteiger partial charge is 0.0402 e. The van der Waals surface area contributed by atoms with Crippen LogP contribution in [0.5, 0.6) is 0 Å². The van der Waals surface area contributed by atoms with E-state index in [4.69, 9.17) is 5.11 Å². The summed E-state index contributed by atoms with van der Waals surface area (Å²) >= 11 is 0. The maximum Gasteiger partial charge on any atom is 0.0402 e. The van der Waals surface area contributed by atoms with Gasteiger partial charge in [-0.15, -0.1) is 6.58 Å². The summed E-state index contributed by atoms with van der Waals surface area (Å²) in [6, 6.07) is 11.1. The first-order valence-electron chi connectivity index (χ1n) is 7.46. The molecule has 114 valence electrons. The largest absolute Gasteiger partial charge is 0.397 e. The maximum atomic E-state index is 7.57. The second kappa shape index (κ2) is 10.6. The van der Waals surface area contributed by atoms with Crippen LogP contribution >= 0.6 is 0 Å². The highest BCUT2D eigenvalue weighted by molar-refractivity contribution is 5.18. The van der Waals surface area contributed by atoms with Gasteiger partial charge >= 0.3 is 0 Å². The van der Waals surface area contributed by atoms with Crippen molar-refractivity contribution in [2.75, 3.05) is 20.2 Å². The van der Waals surface area contributed by atoms with Crippen molar-refractivity contribution in [1.29, 1.82) is 0 Å². The van der Waals surface area contributed by atoms with Gasteiger partial charge in [0.1, 0.15) is 0 Å². The van der Waals surface area contributed by atoms with E-state index in [2.05, 4.69) is 69.6 Å². The second-order valence-electron chi connectivity index (χ2n) is 5.41. The zero-order valence-corrected chi connectivity index (χ0v) is 13.7. The minimum absolute atomic E-state index is 0.250. The fourth-order valence-electron chi connectivity index (χ4n) is 2.00. The number of aliphatic hydroxyl groups is 1. The van der Waals surface area contributed by atoms with Crippen molar-refractivity contribution in [3.05, 3.63) is 48.6 Å². The maximum absolute atomic E-state index is 7.57. The summed E-state index contributed by atoms with van der Waals surface area (Å²) in [6.45, 7) is 13.7. The average molecular weight is 277 g/mol. The van der Waals surface area contributed by atoms with Gasteiger partial charge in [0, 0.05) is 19.2 Å². The highest BCUT2D eigenvalue weighted by Gasteiger charge is 2.16. The van der Waals surface area contributed by atoms with Gasteiger partial charge < -0.3 is 5.11 Å². The molecule has 0 fully saturated rings. The van der Waals surface area contributed by atoms with Crippen molar-refractivity contribution in [2.45, 2.75) is 33.7 Å². The fraction of sp³-hybridized carbons (Fsp3) is 0.556. The predicted molar refractivity (Wildman–Crippen MR) is 88.8 cm³/mol. The number of hydrogen-bond donors (Lipinski definition) is 1. The van der Waals surface area contributed by atoms with Crippen molar-refractivity contribution in [1.82, 2.24) is 4.90 Å². The van der Waals surface area contributed by atoms with Gasteiger partial charge in [0.05, 0.1) is 0 Å². The summed E-state index contributed by atoms with van der Waals surface area (Å²) in [5.41, 5.74) is 1.38. The summed E-state index contributed by atoms with van der Waals surface area (Å²) < 4.78 is 0. The van der Waals surface area contributed by atoms with Gasteiger partial charge in [-0.05, 0) is 38.3 Å². The van der Waals surface area contributed by atoms with Crippen LogP contribution in [-0.2, 0) is 0 Å². The van der Waals surface area contributed by atoms with Crippen LogP contribution in [0.1, 0.15) is 39.3 Å². The summed E-state index contributed by atoms with van der Waals surface area (Å²) in [4.78, 5) is 2.42. The summed E-state index contributed by atoms with van der Waals surface area (Å²) in [5, 5.41) is 7.57. The van der Waals surface area contributed by atoms with E-state index in [9.17, 15) is 0 Å². The van der Waals surface area contributed by atoms with Gasteiger partial charge in [-0.3, -0.25) is 4.90 Å². The van der Waals surface area contributed by atoms with Crippen molar-refractivity contribution in [3.63, 3.8) is 0 Å². The quantitative estimate of drug-likeness (QED) is 0.790. The Hall–Kier alpha value is -1.12. The zero-order valence-electron chi connectivity index (χ0n) is 13.7. The zero-order chi connectivity index (χ0) is 15.5. The molecule has 2 heteroatoms. The van der Waals surface area contributed by atoms with E-state index in [1.165, 1.54) is 5.56 Å². The van der Waals surface area contributed by atoms with Crippen LogP contribution in [0.2, 0.25) is 0 Å². The molecule has 0 radical (unpaired) electrons. The van der Waals surface area contributed by atoms with Crippen LogP contribution in [0, 0.1) is 11.8 Å². The first kappa shape index (κ1) is 18.9. The lowest BCUT2D eigenvalue weighted by molar-refractivity contribution is 0.209. The molecule has 0 aliphatic carbocycles. The molecule has 0 bridgehead atoms. The molecule has 0 aliphatic rings.